The molecule has 1 atom stereocenters. The van der Waals surface area contributed by atoms with Gasteiger partial charge in [-0.05, 0) is 42.0 Å². The number of hydrogen-bond donors (Lipinski definition) is 2. The fourth-order valence-corrected chi connectivity index (χ4v) is 3.54. The zero-order chi connectivity index (χ0) is 21.6. The first-order valence-corrected chi connectivity index (χ1v) is 10.2. The molecule has 0 fully saturated rings. The van der Waals surface area contributed by atoms with Crippen molar-refractivity contribution >= 4 is 22.6 Å². The molecule has 1 aromatic heterocycles. The summed E-state index contributed by atoms with van der Waals surface area (Å²) in [6.07, 6.45) is -0.0181. The minimum absolute atomic E-state index is 0.122. The Morgan fingerprint density at radius 3 is 2.48 bits per heavy atom. The quantitative estimate of drug-likeness (QED) is 0.456. The second-order valence-corrected chi connectivity index (χ2v) is 7.46. The van der Waals surface area contributed by atoms with Gasteiger partial charge in [-0.15, -0.1) is 0 Å². The van der Waals surface area contributed by atoms with Crippen LogP contribution in [0.4, 0.5) is 5.69 Å². The number of nitrogens with zero attached hydrogens (tertiary/aromatic N) is 2. The van der Waals surface area contributed by atoms with Gasteiger partial charge in [-0.2, -0.15) is 0 Å². The summed E-state index contributed by atoms with van der Waals surface area (Å²) in [6, 6.07) is 25.2. The topological polar surface area (TPSA) is 76.4 Å². The number of rotatable bonds is 8. The van der Waals surface area contributed by atoms with E-state index in [1.54, 1.807) is 24.3 Å². The Bertz CT molecular complexity index is 1150. The van der Waals surface area contributed by atoms with E-state index < -0.39 is 6.10 Å². The number of carbonyl (C=O) groups is 1. The molecule has 0 aliphatic carbocycles. The molecule has 31 heavy (non-hydrogen) atoms. The first-order valence-electron chi connectivity index (χ1n) is 10.2. The maximum absolute atomic E-state index is 11.1. The standard InChI is InChI=1S/C25H25N3O3/c1-18(29)26-20-11-13-22(14-12-20)31-17-21(30)16-28-24-10-6-5-9-23(24)27-25(28)15-19-7-3-2-4-8-19/h2-14,21,30H,15-17H2,1H3,(H,26,29)/t21-/m1/s1. The van der Waals surface area contributed by atoms with Crippen molar-refractivity contribution in [1.82, 2.24) is 9.55 Å². The Morgan fingerprint density at radius 1 is 1.03 bits per heavy atom. The van der Waals surface area contributed by atoms with E-state index >= 15 is 0 Å². The number of aliphatic hydroxyl groups is 1. The van der Waals surface area contributed by atoms with Crippen molar-refractivity contribution in [2.45, 2.75) is 26.0 Å². The summed E-state index contributed by atoms with van der Waals surface area (Å²) >= 11 is 0. The first-order chi connectivity index (χ1) is 15.1. The van der Waals surface area contributed by atoms with Crippen molar-refractivity contribution in [1.29, 1.82) is 0 Å². The van der Waals surface area contributed by atoms with Crippen LogP contribution in [0.15, 0.2) is 78.9 Å². The highest BCUT2D eigenvalue weighted by Crippen LogP contribution is 2.20. The van der Waals surface area contributed by atoms with E-state index in [9.17, 15) is 9.90 Å². The summed E-state index contributed by atoms with van der Waals surface area (Å²) in [4.78, 5) is 15.9. The van der Waals surface area contributed by atoms with E-state index in [4.69, 9.17) is 9.72 Å². The molecule has 2 N–H and O–H groups in total. The molecule has 0 saturated carbocycles. The number of carbonyl (C=O) groups excluding carboxylic acids is 1. The first kappa shape index (κ1) is 20.6. The third-order valence-electron chi connectivity index (χ3n) is 4.95. The summed E-state index contributed by atoms with van der Waals surface area (Å²) in [5.74, 6) is 1.42. The van der Waals surface area contributed by atoms with Gasteiger partial charge in [0.2, 0.25) is 5.91 Å². The third-order valence-corrected chi connectivity index (χ3v) is 4.95. The van der Waals surface area contributed by atoms with Crippen LogP contribution in [0.3, 0.4) is 0 Å². The Hall–Kier alpha value is -3.64. The maximum atomic E-state index is 11.1. The van der Waals surface area contributed by atoms with Gasteiger partial charge in [0.25, 0.3) is 0 Å². The highest BCUT2D eigenvalue weighted by Gasteiger charge is 2.15. The molecule has 4 aromatic rings. The van der Waals surface area contributed by atoms with E-state index in [2.05, 4.69) is 22.0 Å². The SMILES string of the molecule is CC(=O)Nc1ccc(OC[C@H](O)Cn2c(Cc3ccccc3)nc3ccccc32)cc1. The number of nitrogens with one attached hydrogen (secondary N) is 1. The molecule has 0 aliphatic rings. The number of fused-ring (bicyclic) bond motifs is 1. The lowest BCUT2D eigenvalue weighted by Gasteiger charge is -2.16. The zero-order valence-corrected chi connectivity index (χ0v) is 17.4. The smallest absolute Gasteiger partial charge is 0.221 e. The predicted octanol–water partition coefficient (Wildman–Crippen LogP) is 4.03. The van der Waals surface area contributed by atoms with Gasteiger partial charge in [0.05, 0.1) is 17.6 Å². The second-order valence-electron chi connectivity index (χ2n) is 7.46. The van der Waals surface area contributed by atoms with Gasteiger partial charge in [-0.25, -0.2) is 4.98 Å². The van der Waals surface area contributed by atoms with Crippen molar-refractivity contribution in [3.8, 4) is 5.75 Å². The number of anilines is 1. The van der Waals surface area contributed by atoms with Crippen molar-refractivity contribution in [3.05, 3.63) is 90.3 Å². The van der Waals surface area contributed by atoms with Gasteiger partial charge >= 0.3 is 0 Å². The molecule has 6 heteroatoms. The van der Waals surface area contributed by atoms with Crippen LogP contribution in [-0.4, -0.2) is 33.3 Å². The van der Waals surface area contributed by atoms with Crippen molar-refractivity contribution in [2.24, 2.45) is 0 Å². The molecule has 0 aliphatic heterocycles. The van der Waals surface area contributed by atoms with E-state index in [1.807, 2.05) is 42.5 Å². The minimum atomic E-state index is -0.706. The molecule has 0 saturated heterocycles. The van der Waals surface area contributed by atoms with E-state index in [0.29, 0.717) is 24.4 Å². The Morgan fingerprint density at radius 2 is 1.74 bits per heavy atom. The van der Waals surface area contributed by atoms with E-state index in [-0.39, 0.29) is 12.5 Å². The van der Waals surface area contributed by atoms with Gasteiger partial charge in [-0.1, -0.05) is 42.5 Å². The van der Waals surface area contributed by atoms with Crippen molar-refractivity contribution in [3.63, 3.8) is 0 Å². The molecular formula is C25H25N3O3. The molecule has 0 unspecified atom stereocenters. The largest absolute Gasteiger partial charge is 0.491 e. The molecular weight excluding hydrogens is 390 g/mol. The molecule has 0 spiro atoms. The third kappa shape index (κ3) is 5.29. The van der Waals surface area contributed by atoms with Crippen molar-refractivity contribution < 1.29 is 14.6 Å². The molecule has 0 bridgehead atoms. The normalized spacial score (nSPS) is 11.9. The number of imidazole rings is 1. The van der Waals surface area contributed by atoms with E-state index in [1.165, 1.54) is 12.5 Å². The average molecular weight is 415 g/mol. The fraction of sp³-hybridized carbons (Fsp3) is 0.200. The predicted molar refractivity (Wildman–Crippen MR) is 121 cm³/mol. The highest BCUT2D eigenvalue weighted by molar-refractivity contribution is 5.88. The Kier molecular flexibility index (Phi) is 6.29. The number of ether oxygens (including phenoxy) is 1. The molecule has 1 amide bonds. The summed E-state index contributed by atoms with van der Waals surface area (Å²) in [5.41, 5.74) is 3.78. The van der Waals surface area contributed by atoms with Crippen LogP contribution in [0, 0.1) is 0 Å². The van der Waals surface area contributed by atoms with E-state index in [0.717, 1.165) is 16.9 Å². The minimum Gasteiger partial charge on any atom is -0.491 e. The van der Waals surface area contributed by atoms with Crippen LogP contribution >= 0.6 is 0 Å². The average Bonchev–Trinajstić information content (AvgIpc) is 3.10. The molecule has 3 aromatic carbocycles. The van der Waals surface area contributed by atoms with Crippen LogP contribution in [0.25, 0.3) is 11.0 Å². The second kappa shape index (κ2) is 9.45. The molecule has 6 nitrogen and oxygen atoms in total. The maximum Gasteiger partial charge on any atom is 0.221 e. The molecule has 0 radical (unpaired) electrons. The lowest BCUT2D eigenvalue weighted by atomic mass is 10.1. The summed E-state index contributed by atoms with van der Waals surface area (Å²) in [7, 11) is 0. The Labute approximate surface area is 181 Å². The number of hydrogen-bond acceptors (Lipinski definition) is 4. The van der Waals surface area contributed by atoms with Crippen LogP contribution in [-0.2, 0) is 17.8 Å². The Balaban J connectivity index is 1.46. The lowest BCUT2D eigenvalue weighted by molar-refractivity contribution is -0.114. The van der Waals surface area contributed by atoms with Crippen molar-refractivity contribution in [2.75, 3.05) is 11.9 Å². The van der Waals surface area contributed by atoms with Crippen LogP contribution in [0.1, 0.15) is 18.3 Å². The van der Waals surface area contributed by atoms with Gasteiger partial charge in [0, 0.05) is 19.0 Å². The van der Waals surface area contributed by atoms with Crippen LogP contribution in [0.5, 0.6) is 5.75 Å². The van der Waals surface area contributed by atoms with Gasteiger partial charge in [0.1, 0.15) is 24.3 Å². The summed E-state index contributed by atoms with van der Waals surface area (Å²) < 4.78 is 7.82. The molecule has 1 heterocycles. The number of aliphatic hydroxyl groups excluding tert-OH is 1. The number of amides is 1. The zero-order valence-electron chi connectivity index (χ0n) is 17.4. The summed E-state index contributed by atoms with van der Waals surface area (Å²) in [6.45, 7) is 2.00. The number of para-hydroxylation sites is 2. The monoisotopic (exact) mass is 415 g/mol. The van der Waals surface area contributed by atoms with Gasteiger partial charge in [0.15, 0.2) is 0 Å². The van der Waals surface area contributed by atoms with Crippen LogP contribution in [0.2, 0.25) is 0 Å². The molecule has 158 valence electrons. The van der Waals surface area contributed by atoms with Gasteiger partial charge in [-0.3, -0.25) is 4.79 Å². The summed E-state index contributed by atoms with van der Waals surface area (Å²) in [5, 5.41) is 13.4. The highest BCUT2D eigenvalue weighted by atomic mass is 16.5. The fourth-order valence-electron chi connectivity index (χ4n) is 3.54. The number of aromatic nitrogens is 2. The molecule has 4 rings (SSSR count). The van der Waals surface area contributed by atoms with Gasteiger partial charge < -0.3 is 19.7 Å². The number of benzene rings is 3. The lowest BCUT2D eigenvalue weighted by Crippen LogP contribution is -2.24. The van der Waals surface area contributed by atoms with Crippen LogP contribution < -0.4 is 10.1 Å².